The van der Waals surface area contributed by atoms with Crippen LogP contribution >= 0.6 is 11.6 Å². The van der Waals surface area contributed by atoms with Crippen molar-refractivity contribution in [2.75, 3.05) is 14.2 Å². The van der Waals surface area contributed by atoms with E-state index in [1.807, 2.05) is 0 Å². The molecule has 0 spiro atoms. The summed E-state index contributed by atoms with van der Waals surface area (Å²) >= 11 is 5.89. The summed E-state index contributed by atoms with van der Waals surface area (Å²) in [5.74, 6) is 1.00. The maximum absolute atomic E-state index is 12.3. The van der Waals surface area contributed by atoms with Crippen molar-refractivity contribution in [1.82, 2.24) is 0 Å². The number of ketones is 1. The lowest BCUT2D eigenvalue weighted by molar-refractivity contribution is 0.103. The van der Waals surface area contributed by atoms with Crippen molar-refractivity contribution in [3.8, 4) is 11.5 Å². The number of carbonyl (C=O) groups is 1. The van der Waals surface area contributed by atoms with Gasteiger partial charge in [-0.25, -0.2) is 0 Å². The van der Waals surface area contributed by atoms with Gasteiger partial charge < -0.3 is 9.47 Å². The van der Waals surface area contributed by atoms with Gasteiger partial charge in [-0.2, -0.15) is 0 Å². The molecule has 2 aromatic carbocycles. The second-order valence-corrected chi connectivity index (χ2v) is 4.35. The molecule has 0 aliphatic carbocycles. The Kier molecular flexibility index (Phi) is 4.07. The number of methoxy groups -OCH3 is 2. The van der Waals surface area contributed by atoms with E-state index in [1.54, 1.807) is 49.6 Å². The van der Waals surface area contributed by atoms with Crippen molar-refractivity contribution < 1.29 is 14.3 Å². The Labute approximate surface area is 116 Å². The number of carbonyl (C=O) groups excluding carboxylic acids is 1. The molecule has 0 heterocycles. The Morgan fingerprint density at radius 3 is 2.26 bits per heavy atom. The van der Waals surface area contributed by atoms with E-state index in [1.165, 1.54) is 7.11 Å². The molecule has 2 rings (SSSR count). The number of rotatable bonds is 4. The van der Waals surface area contributed by atoms with Gasteiger partial charge in [0.15, 0.2) is 17.3 Å². The third-order valence-corrected chi connectivity index (χ3v) is 2.97. The molecule has 0 aliphatic heterocycles. The Morgan fingerprint density at radius 1 is 0.947 bits per heavy atom. The summed E-state index contributed by atoms with van der Waals surface area (Å²) in [4.78, 5) is 12.3. The van der Waals surface area contributed by atoms with Gasteiger partial charge in [-0.3, -0.25) is 4.79 Å². The number of benzene rings is 2. The Bertz CT molecular complexity index is 608. The van der Waals surface area contributed by atoms with Gasteiger partial charge in [0.1, 0.15) is 0 Å². The Hall–Kier alpha value is -2.00. The molecule has 0 radical (unpaired) electrons. The molecular weight excluding hydrogens is 264 g/mol. The van der Waals surface area contributed by atoms with E-state index in [2.05, 4.69) is 0 Å². The smallest absolute Gasteiger partial charge is 0.193 e. The van der Waals surface area contributed by atoms with Crippen molar-refractivity contribution in [1.29, 1.82) is 0 Å². The molecule has 0 N–H and O–H groups in total. The van der Waals surface area contributed by atoms with Crippen LogP contribution in [0.5, 0.6) is 11.5 Å². The lowest BCUT2D eigenvalue weighted by atomic mass is 10.0. The first kappa shape index (κ1) is 13.4. The van der Waals surface area contributed by atoms with E-state index in [9.17, 15) is 4.79 Å². The fourth-order valence-corrected chi connectivity index (χ4v) is 1.96. The van der Waals surface area contributed by atoms with Crippen LogP contribution in [-0.2, 0) is 0 Å². The van der Waals surface area contributed by atoms with E-state index in [0.29, 0.717) is 27.6 Å². The fraction of sp³-hybridized carbons (Fsp3) is 0.133. The maximum Gasteiger partial charge on any atom is 0.193 e. The van der Waals surface area contributed by atoms with E-state index in [-0.39, 0.29) is 5.78 Å². The predicted molar refractivity (Wildman–Crippen MR) is 74.4 cm³/mol. The van der Waals surface area contributed by atoms with Gasteiger partial charge >= 0.3 is 0 Å². The number of hydrogen-bond acceptors (Lipinski definition) is 3. The van der Waals surface area contributed by atoms with Gasteiger partial charge in [0.25, 0.3) is 0 Å². The lowest BCUT2D eigenvalue weighted by Crippen LogP contribution is -2.02. The largest absolute Gasteiger partial charge is 0.493 e. The summed E-state index contributed by atoms with van der Waals surface area (Å²) in [7, 11) is 3.09. The monoisotopic (exact) mass is 276 g/mol. The summed E-state index contributed by atoms with van der Waals surface area (Å²) in [6, 6.07) is 11.9. The van der Waals surface area contributed by atoms with Crippen molar-refractivity contribution in [2.45, 2.75) is 0 Å². The van der Waals surface area contributed by atoms with E-state index in [0.717, 1.165) is 0 Å². The third-order valence-electron chi connectivity index (χ3n) is 2.73. The molecule has 0 saturated heterocycles. The van der Waals surface area contributed by atoms with Crippen LogP contribution in [0.25, 0.3) is 0 Å². The fourth-order valence-electron chi connectivity index (χ4n) is 1.77. The molecule has 0 fully saturated rings. The van der Waals surface area contributed by atoms with Crippen LogP contribution in [0.4, 0.5) is 0 Å². The zero-order valence-electron chi connectivity index (χ0n) is 10.6. The molecular formula is C15H13ClO3. The van der Waals surface area contributed by atoms with Gasteiger partial charge in [0, 0.05) is 16.1 Å². The minimum absolute atomic E-state index is 0.108. The molecule has 0 aromatic heterocycles. The molecule has 0 unspecified atom stereocenters. The maximum atomic E-state index is 12.3. The summed E-state index contributed by atoms with van der Waals surface area (Å²) in [6.07, 6.45) is 0. The highest BCUT2D eigenvalue weighted by Crippen LogP contribution is 2.28. The highest BCUT2D eigenvalue weighted by atomic mass is 35.5. The zero-order valence-corrected chi connectivity index (χ0v) is 11.4. The number of halogens is 1. The molecule has 0 aliphatic rings. The van der Waals surface area contributed by atoms with Crippen molar-refractivity contribution >= 4 is 17.4 Å². The summed E-state index contributed by atoms with van der Waals surface area (Å²) in [6.45, 7) is 0. The van der Waals surface area contributed by atoms with Crippen LogP contribution < -0.4 is 9.47 Å². The van der Waals surface area contributed by atoms with Crippen molar-refractivity contribution in [3.05, 3.63) is 58.6 Å². The van der Waals surface area contributed by atoms with Crippen LogP contribution in [0.1, 0.15) is 15.9 Å². The van der Waals surface area contributed by atoms with E-state index < -0.39 is 0 Å². The molecule has 4 heteroatoms. The van der Waals surface area contributed by atoms with Crippen LogP contribution in [0.2, 0.25) is 5.02 Å². The van der Waals surface area contributed by atoms with Crippen molar-refractivity contribution in [3.63, 3.8) is 0 Å². The van der Waals surface area contributed by atoms with Gasteiger partial charge in [-0.15, -0.1) is 0 Å². The summed E-state index contributed by atoms with van der Waals surface area (Å²) in [5, 5.41) is 0.534. The third kappa shape index (κ3) is 2.88. The first-order chi connectivity index (χ1) is 9.15. The number of ether oxygens (including phenoxy) is 2. The molecule has 0 bridgehead atoms. The van der Waals surface area contributed by atoms with E-state index in [4.69, 9.17) is 21.1 Å². The van der Waals surface area contributed by atoms with Gasteiger partial charge in [-0.1, -0.05) is 23.7 Å². The second-order valence-electron chi connectivity index (χ2n) is 3.91. The molecule has 0 amide bonds. The molecule has 3 nitrogen and oxygen atoms in total. The first-order valence-corrected chi connectivity index (χ1v) is 6.06. The standard InChI is InChI=1S/C15H13ClO3/c1-18-13-7-6-11(9-14(13)19-2)15(17)10-4-3-5-12(16)8-10/h3-9H,1-2H3. The molecule has 98 valence electrons. The van der Waals surface area contributed by atoms with Crippen LogP contribution in [0.15, 0.2) is 42.5 Å². The number of hydrogen-bond donors (Lipinski definition) is 0. The molecule has 0 atom stereocenters. The molecule has 0 saturated carbocycles. The Balaban J connectivity index is 2.39. The Morgan fingerprint density at radius 2 is 1.63 bits per heavy atom. The van der Waals surface area contributed by atoms with Gasteiger partial charge in [0.2, 0.25) is 0 Å². The lowest BCUT2D eigenvalue weighted by Gasteiger charge is -2.09. The molecule has 2 aromatic rings. The highest BCUT2D eigenvalue weighted by molar-refractivity contribution is 6.31. The van der Waals surface area contributed by atoms with Crippen LogP contribution in [0, 0.1) is 0 Å². The minimum atomic E-state index is -0.108. The van der Waals surface area contributed by atoms with Gasteiger partial charge in [-0.05, 0) is 30.3 Å². The second kappa shape index (κ2) is 5.76. The van der Waals surface area contributed by atoms with Crippen LogP contribution in [-0.4, -0.2) is 20.0 Å². The normalized spacial score (nSPS) is 10.1. The quantitative estimate of drug-likeness (QED) is 0.801. The van der Waals surface area contributed by atoms with Crippen LogP contribution in [0.3, 0.4) is 0 Å². The topological polar surface area (TPSA) is 35.5 Å². The van der Waals surface area contributed by atoms with Gasteiger partial charge in [0.05, 0.1) is 14.2 Å². The highest BCUT2D eigenvalue weighted by Gasteiger charge is 2.12. The average Bonchev–Trinajstić information content (AvgIpc) is 2.45. The zero-order chi connectivity index (χ0) is 13.8. The minimum Gasteiger partial charge on any atom is -0.493 e. The SMILES string of the molecule is COc1ccc(C(=O)c2cccc(Cl)c2)cc1OC. The summed E-state index contributed by atoms with van der Waals surface area (Å²) in [5.41, 5.74) is 1.07. The van der Waals surface area contributed by atoms with E-state index >= 15 is 0 Å². The first-order valence-electron chi connectivity index (χ1n) is 5.68. The average molecular weight is 277 g/mol. The summed E-state index contributed by atoms with van der Waals surface area (Å²) < 4.78 is 10.3. The molecule has 19 heavy (non-hydrogen) atoms. The van der Waals surface area contributed by atoms with Crippen molar-refractivity contribution in [2.24, 2.45) is 0 Å². The predicted octanol–water partition coefficient (Wildman–Crippen LogP) is 3.59.